The number of benzene rings is 1. The van der Waals surface area contributed by atoms with E-state index < -0.39 is 6.09 Å². The minimum atomic E-state index is -0.466. The maximum absolute atomic E-state index is 11.5. The van der Waals surface area contributed by atoms with Crippen LogP contribution in [0.25, 0.3) is 0 Å². The molecule has 1 rings (SSSR count). The number of hydrogen-bond donors (Lipinski definition) is 2. The van der Waals surface area contributed by atoms with E-state index in [4.69, 9.17) is 14.2 Å². The molecule has 0 saturated carbocycles. The van der Waals surface area contributed by atoms with Crippen molar-refractivity contribution in [2.24, 2.45) is 0 Å². The van der Waals surface area contributed by atoms with E-state index in [1.165, 1.54) is 13.2 Å². The van der Waals surface area contributed by atoms with Gasteiger partial charge in [0.1, 0.15) is 19.0 Å². The molecule has 0 spiro atoms. The number of carbonyl (C=O) groups excluding carboxylic acids is 2. The second kappa shape index (κ2) is 12.8. The lowest BCUT2D eigenvalue weighted by Crippen LogP contribution is -2.30. The second-order valence-corrected chi connectivity index (χ2v) is 5.64. The summed E-state index contributed by atoms with van der Waals surface area (Å²) in [6.07, 6.45) is 2.51. The topological polar surface area (TPSA) is 85.9 Å². The highest BCUT2D eigenvalue weighted by Gasteiger charge is 2.13. The molecule has 0 bridgehead atoms. The molecule has 0 fully saturated rings. The average molecular weight is 364 g/mol. The van der Waals surface area contributed by atoms with Gasteiger partial charge in [0.05, 0.1) is 7.11 Å². The zero-order valence-electron chi connectivity index (χ0n) is 15.5. The molecule has 0 aromatic heterocycles. The molecule has 7 heteroatoms. The molecule has 0 unspecified atom stereocenters. The number of hydrogen-bond acceptors (Lipinski definition) is 5. The highest BCUT2D eigenvalue weighted by atomic mass is 16.5. The van der Waals surface area contributed by atoms with Crippen molar-refractivity contribution in [1.29, 1.82) is 0 Å². The van der Waals surface area contributed by atoms with Gasteiger partial charge in [0.2, 0.25) is 5.91 Å². The van der Waals surface area contributed by atoms with Gasteiger partial charge in [-0.2, -0.15) is 0 Å². The summed E-state index contributed by atoms with van der Waals surface area (Å²) < 4.78 is 14.9. The predicted octanol–water partition coefficient (Wildman–Crippen LogP) is 2.23. The number of amides is 2. The molecule has 7 nitrogen and oxygen atoms in total. The van der Waals surface area contributed by atoms with Gasteiger partial charge >= 0.3 is 6.09 Å². The van der Waals surface area contributed by atoms with Gasteiger partial charge in [-0.05, 0) is 36.5 Å². The lowest BCUT2D eigenvalue weighted by Gasteiger charge is -2.18. The Kier molecular flexibility index (Phi) is 10.6. The van der Waals surface area contributed by atoms with Crippen molar-refractivity contribution in [3.63, 3.8) is 0 Å². The Hall–Kier alpha value is -2.54. The molecule has 144 valence electrons. The number of carbonyl (C=O) groups is 2. The third-order valence-corrected chi connectivity index (χ3v) is 3.77. The predicted molar refractivity (Wildman–Crippen MR) is 99.4 cm³/mol. The summed E-state index contributed by atoms with van der Waals surface area (Å²) in [4.78, 5) is 23.0. The van der Waals surface area contributed by atoms with Gasteiger partial charge in [-0.15, -0.1) is 0 Å². The van der Waals surface area contributed by atoms with Gasteiger partial charge in [0.15, 0.2) is 0 Å². The van der Waals surface area contributed by atoms with Crippen LogP contribution in [-0.4, -0.2) is 52.5 Å². The quantitative estimate of drug-likeness (QED) is 0.556. The fourth-order valence-corrected chi connectivity index (χ4v) is 2.46. The average Bonchev–Trinajstić information content (AvgIpc) is 2.65. The molecule has 1 aromatic carbocycles. The van der Waals surface area contributed by atoms with Crippen LogP contribution in [0.2, 0.25) is 0 Å². The number of rotatable bonds is 12. The van der Waals surface area contributed by atoms with Crippen molar-refractivity contribution in [3.05, 3.63) is 42.5 Å². The Morgan fingerprint density at radius 1 is 1.12 bits per heavy atom. The SMILES string of the molecule is C=CCOC(=O)NCC[C@@H](CCNC(=O)COC)c1ccc(OC)cc1. The van der Waals surface area contributed by atoms with E-state index in [0.717, 1.165) is 24.2 Å². The van der Waals surface area contributed by atoms with Gasteiger partial charge < -0.3 is 24.8 Å². The molecular weight excluding hydrogens is 336 g/mol. The summed E-state index contributed by atoms with van der Waals surface area (Å²) in [7, 11) is 3.10. The lowest BCUT2D eigenvalue weighted by molar-refractivity contribution is -0.124. The molecule has 0 aliphatic carbocycles. The summed E-state index contributed by atoms with van der Waals surface area (Å²) in [5.74, 6) is 0.808. The molecule has 0 heterocycles. The van der Waals surface area contributed by atoms with E-state index in [-0.39, 0.29) is 25.0 Å². The first kappa shape index (κ1) is 21.5. The van der Waals surface area contributed by atoms with Crippen LogP contribution in [0, 0.1) is 0 Å². The van der Waals surface area contributed by atoms with Gasteiger partial charge in [-0.25, -0.2) is 4.79 Å². The van der Waals surface area contributed by atoms with Crippen LogP contribution >= 0.6 is 0 Å². The van der Waals surface area contributed by atoms with Crippen molar-refractivity contribution in [2.75, 3.05) is 40.5 Å². The van der Waals surface area contributed by atoms with E-state index in [9.17, 15) is 9.59 Å². The van der Waals surface area contributed by atoms with Crippen LogP contribution in [0.15, 0.2) is 36.9 Å². The highest BCUT2D eigenvalue weighted by Crippen LogP contribution is 2.25. The van der Waals surface area contributed by atoms with Crippen molar-refractivity contribution in [3.8, 4) is 5.75 Å². The van der Waals surface area contributed by atoms with Crippen LogP contribution in [0.4, 0.5) is 4.79 Å². The first-order chi connectivity index (χ1) is 12.6. The first-order valence-corrected chi connectivity index (χ1v) is 8.51. The second-order valence-electron chi connectivity index (χ2n) is 5.64. The zero-order chi connectivity index (χ0) is 19.2. The zero-order valence-corrected chi connectivity index (χ0v) is 15.5. The minimum Gasteiger partial charge on any atom is -0.497 e. The molecule has 0 aliphatic heterocycles. The highest BCUT2D eigenvalue weighted by molar-refractivity contribution is 5.77. The summed E-state index contributed by atoms with van der Waals surface area (Å²) in [6, 6.07) is 7.79. The summed E-state index contributed by atoms with van der Waals surface area (Å²) >= 11 is 0. The largest absolute Gasteiger partial charge is 0.497 e. The summed E-state index contributed by atoms with van der Waals surface area (Å²) in [6.45, 7) is 4.72. The Bertz CT molecular complexity index is 560. The number of ether oxygens (including phenoxy) is 3. The lowest BCUT2D eigenvalue weighted by atomic mass is 9.92. The van der Waals surface area contributed by atoms with Crippen LogP contribution in [0.5, 0.6) is 5.75 Å². The molecule has 1 aromatic rings. The fourth-order valence-electron chi connectivity index (χ4n) is 2.46. The van der Waals surface area contributed by atoms with E-state index in [1.54, 1.807) is 7.11 Å². The molecule has 2 amide bonds. The molecular formula is C19H28N2O5. The van der Waals surface area contributed by atoms with Crippen molar-refractivity contribution in [1.82, 2.24) is 10.6 Å². The Morgan fingerprint density at radius 3 is 2.35 bits per heavy atom. The molecule has 0 radical (unpaired) electrons. The van der Waals surface area contributed by atoms with E-state index in [1.807, 2.05) is 24.3 Å². The van der Waals surface area contributed by atoms with Crippen molar-refractivity contribution < 1.29 is 23.8 Å². The third-order valence-electron chi connectivity index (χ3n) is 3.77. The standard InChI is InChI=1S/C19H28N2O5/c1-4-13-26-19(23)21-12-10-16(9-11-20-18(22)14-24-2)15-5-7-17(25-3)8-6-15/h4-8,16H,1,9-14H2,2-3H3,(H,20,22)(H,21,23)/t16-/m1/s1. The Morgan fingerprint density at radius 2 is 1.77 bits per heavy atom. The van der Waals surface area contributed by atoms with E-state index >= 15 is 0 Å². The number of methoxy groups -OCH3 is 2. The third kappa shape index (κ3) is 8.53. The molecule has 0 saturated heterocycles. The van der Waals surface area contributed by atoms with Gasteiger partial charge in [-0.3, -0.25) is 4.79 Å². The van der Waals surface area contributed by atoms with E-state index in [0.29, 0.717) is 13.1 Å². The van der Waals surface area contributed by atoms with Crippen LogP contribution in [-0.2, 0) is 14.3 Å². The monoisotopic (exact) mass is 364 g/mol. The molecule has 1 atom stereocenters. The Labute approximate surface area is 154 Å². The van der Waals surface area contributed by atoms with E-state index in [2.05, 4.69) is 17.2 Å². The van der Waals surface area contributed by atoms with Crippen molar-refractivity contribution in [2.45, 2.75) is 18.8 Å². The van der Waals surface area contributed by atoms with Gasteiger partial charge in [-0.1, -0.05) is 24.8 Å². The van der Waals surface area contributed by atoms with Gasteiger partial charge in [0, 0.05) is 20.2 Å². The van der Waals surface area contributed by atoms with Crippen molar-refractivity contribution >= 4 is 12.0 Å². The fraction of sp³-hybridized carbons (Fsp3) is 0.474. The minimum absolute atomic E-state index is 0.0455. The Balaban J connectivity index is 2.57. The summed E-state index contributed by atoms with van der Waals surface area (Å²) in [5.41, 5.74) is 1.12. The molecule has 26 heavy (non-hydrogen) atoms. The van der Waals surface area contributed by atoms with Crippen LogP contribution in [0.3, 0.4) is 0 Å². The van der Waals surface area contributed by atoms with Gasteiger partial charge in [0.25, 0.3) is 0 Å². The van der Waals surface area contributed by atoms with Crippen LogP contribution < -0.4 is 15.4 Å². The number of alkyl carbamates (subject to hydrolysis) is 1. The van der Waals surface area contributed by atoms with Crippen LogP contribution in [0.1, 0.15) is 24.3 Å². The maximum Gasteiger partial charge on any atom is 0.407 e. The maximum atomic E-state index is 11.5. The first-order valence-electron chi connectivity index (χ1n) is 8.51. The molecule has 0 aliphatic rings. The smallest absolute Gasteiger partial charge is 0.407 e. The summed E-state index contributed by atoms with van der Waals surface area (Å²) in [5, 5.41) is 5.54. The number of nitrogens with one attached hydrogen (secondary N) is 2. The normalized spacial score (nSPS) is 11.3. The molecule has 2 N–H and O–H groups in total.